The number of hydrogen-bond acceptors (Lipinski definition) is 5. The molecule has 1 amide bonds. The van der Waals surface area contributed by atoms with Gasteiger partial charge in [-0.2, -0.15) is 0 Å². The molecule has 0 saturated carbocycles. The number of nitrogens with zero attached hydrogens (tertiary/aromatic N) is 3. The summed E-state index contributed by atoms with van der Waals surface area (Å²) in [6, 6.07) is 12.0. The minimum atomic E-state index is -0.155. The van der Waals surface area contributed by atoms with Crippen molar-refractivity contribution in [1.82, 2.24) is 19.9 Å². The maximum atomic E-state index is 13.0. The van der Waals surface area contributed by atoms with Crippen molar-refractivity contribution in [3.05, 3.63) is 78.0 Å². The van der Waals surface area contributed by atoms with Crippen molar-refractivity contribution in [3.63, 3.8) is 0 Å². The number of nitrogens with one attached hydrogen (secondary N) is 2. The molecule has 0 bridgehead atoms. The lowest BCUT2D eigenvalue weighted by Crippen LogP contribution is -2.35. The minimum Gasteiger partial charge on any atom is -0.379 e. The van der Waals surface area contributed by atoms with E-state index in [1.54, 1.807) is 18.5 Å². The first-order chi connectivity index (χ1) is 15.7. The number of anilines is 1. The van der Waals surface area contributed by atoms with Gasteiger partial charge in [-0.3, -0.25) is 19.7 Å². The maximum absolute atomic E-state index is 13.0. The number of morpholine rings is 1. The summed E-state index contributed by atoms with van der Waals surface area (Å²) in [5, 5.41) is 3.83. The second-order valence-corrected chi connectivity index (χ2v) is 8.05. The smallest absolute Gasteiger partial charge is 0.258 e. The van der Waals surface area contributed by atoms with Gasteiger partial charge in [-0.1, -0.05) is 6.07 Å². The monoisotopic (exact) mass is 427 g/mol. The number of carbonyl (C=O) groups excluding carboxylic acids is 1. The summed E-state index contributed by atoms with van der Waals surface area (Å²) in [6.45, 7) is 6.21. The van der Waals surface area contributed by atoms with Gasteiger partial charge < -0.3 is 15.0 Å². The molecule has 1 aliphatic heterocycles. The summed E-state index contributed by atoms with van der Waals surface area (Å²) in [5.41, 5.74) is 6.31. The summed E-state index contributed by atoms with van der Waals surface area (Å²) in [7, 11) is 0. The Morgan fingerprint density at radius 3 is 2.78 bits per heavy atom. The van der Waals surface area contributed by atoms with Crippen LogP contribution in [-0.2, 0) is 11.3 Å². The van der Waals surface area contributed by atoms with Crippen molar-refractivity contribution in [1.29, 1.82) is 0 Å². The first-order valence-electron chi connectivity index (χ1n) is 10.8. The average Bonchev–Trinajstić information content (AvgIpc) is 3.15. The average molecular weight is 428 g/mol. The van der Waals surface area contributed by atoms with Crippen LogP contribution in [0.5, 0.6) is 0 Å². The van der Waals surface area contributed by atoms with Gasteiger partial charge >= 0.3 is 0 Å². The lowest BCUT2D eigenvalue weighted by molar-refractivity contribution is 0.0341. The van der Waals surface area contributed by atoms with E-state index < -0.39 is 0 Å². The number of rotatable bonds is 5. The van der Waals surface area contributed by atoms with E-state index in [4.69, 9.17) is 4.74 Å². The summed E-state index contributed by atoms with van der Waals surface area (Å²) in [5.74, 6) is -0.155. The number of pyridine rings is 2. The summed E-state index contributed by atoms with van der Waals surface area (Å²) >= 11 is 0. The largest absolute Gasteiger partial charge is 0.379 e. The van der Waals surface area contributed by atoms with Crippen LogP contribution in [0.4, 0.5) is 5.69 Å². The summed E-state index contributed by atoms with van der Waals surface area (Å²) < 4.78 is 5.44. The minimum absolute atomic E-state index is 0.155. The Hall–Kier alpha value is -3.55. The van der Waals surface area contributed by atoms with Gasteiger partial charge in [0.05, 0.1) is 30.7 Å². The van der Waals surface area contributed by atoms with Crippen LogP contribution in [0.3, 0.4) is 0 Å². The van der Waals surface area contributed by atoms with Crippen molar-refractivity contribution in [2.75, 3.05) is 31.6 Å². The molecule has 1 fully saturated rings. The zero-order valence-corrected chi connectivity index (χ0v) is 18.0. The fourth-order valence-corrected chi connectivity index (χ4v) is 4.18. The standard InChI is InChI=1S/C25H25N5O2/c1-17-24(25(31)29-21-3-2-6-26-15-21)22-12-19(4-5-23(22)28-17)20-11-18(13-27-14-20)16-30-7-9-32-10-8-30/h2-6,11-15,28H,7-10,16H2,1H3,(H,29,31). The van der Waals surface area contributed by atoms with Crippen LogP contribution in [0.1, 0.15) is 21.6 Å². The van der Waals surface area contributed by atoms with Gasteiger partial charge in [0, 0.05) is 60.4 Å². The van der Waals surface area contributed by atoms with E-state index in [1.165, 1.54) is 5.56 Å². The molecule has 0 aliphatic carbocycles. The molecule has 7 heteroatoms. The molecule has 32 heavy (non-hydrogen) atoms. The summed E-state index contributed by atoms with van der Waals surface area (Å²) in [4.78, 5) is 27.3. The predicted molar refractivity (Wildman–Crippen MR) is 125 cm³/mol. The Kier molecular flexibility index (Phi) is 5.66. The Labute approximate surface area is 186 Å². The number of H-pyrrole nitrogens is 1. The number of aromatic nitrogens is 3. The number of hydrogen-bond donors (Lipinski definition) is 2. The highest BCUT2D eigenvalue weighted by molar-refractivity contribution is 6.14. The van der Waals surface area contributed by atoms with Crippen LogP contribution in [0, 0.1) is 6.92 Å². The van der Waals surface area contributed by atoms with Crippen molar-refractivity contribution in [2.45, 2.75) is 13.5 Å². The Morgan fingerprint density at radius 2 is 1.97 bits per heavy atom. The van der Waals surface area contributed by atoms with E-state index >= 15 is 0 Å². The fourth-order valence-electron chi connectivity index (χ4n) is 4.18. The van der Waals surface area contributed by atoms with Crippen LogP contribution in [0.2, 0.25) is 0 Å². The Balaban J connectivity index is 1.45. The number of amides is 1. The quantitative estimate of drug-likeness (QED) is 0.503. The van der Waals surface area contributed by atoms with Gasteiger partial charge in [0.15, 0.2) is 0 Å². The maximum Gasteiger partial charge on any atom is 0.258 e. The summed E-state index contributed by atoms with van der Waals surface area (Å²) in [6.07, 6.45) is 7.11. The van der Waals surface area contributed by atoms with Crippen LogP contribution in [-0.4, -0.2) is 52.1 Å². The molecule has 4 heterocycles. The van der Waals surface area contributed by atoms with Crippen LogP contribution in [0.15, 0.2) is 61.2 Å². The van der Waals surface area contributed by atoms with Crippen LogP contribution in [0.25, 0.3) is 22.0 Å². The molecule has 5 rings (SSSR count). The molecule has 162 valence electrons. The first-order valence-corrected chi connectivity index (χ1v) is 10.8. The lowest BCUT2D eigenvalue weighted by Gasteiger charge is -2.26. The lowest BCUT2D eigenvalue weighted by atomic mass is 10.0. The van der Waals surface area contributed by atoms with E-state index in [0.717, 1.165) is 60.6 Å². The highest BCUT2D eigenvalue weighted by Gasteiger charge is 2.17. The van der Waals surface area contributed by atoms with E-state index in [1.807, 2.05) is 31.5 Å². The molecule has 7 nitrogen and oxygen atoms in total. The number of aromatic amines is 1. The second-order valence-electron chi connectivity index (χ2n) is 8.05. The molecule has 0 radical (unpaired) electrons. The van der Waals surface area contributed by atoms with Crippen molar-refractivity contribution < 1.29 is 9.53 Å². The number of benzene rings is 1. The Bertz CT molecular complexity index is 1250. The highest BCUT2D eigenvalue weighted by Crippen LogP contribution is 2.29. The third-order valence-corrected chi connectivity index (χ3v) is 5.77. The number of aryl methyl sites for hydroxylation is 1. The van der Waals surface area contributed by atoms with E-state index in [0.29, 0.717) is 11.3 Å². The molecule has 2 N–H and O–H groups in total. The third kappa shape index (κ3) is 4.26. The van der Waals surface area contributed by atoms with E-state index in [2.05, 4.69) is 43.4 Å². The molecule has 0 spiro atoms. The molecule has 0 atom stereocenters. The van der Waals surface area contributed by atoms with Crippen molar-refractivity contribution in [2.24, 2.45) is 0 Å². The van der Waals surface area contributed by atoms with Gasteiger partial charge in [-0.05, 0) is 48.4 Å². The molecule has 1 saturated heterocycles. The van der Waals surface area contributed by atoms with Gasteiger partial charge in [-0.15, -0.1) is 0 Å². The van der Waals surface area contributed by atoms with Gasteiger partial charge in [0.1, 0.15) is 0 Å². The van der Waals surface area contributed by atoms with Crippen molar-refractivity contribution >= 4 is 22.5 Å². The van der Waals surface area contributed by atoms with Crippen molar-refractivity contribution in [3.8, 4) is 11.1 Å². The second kappa shape index (κ2) is 8.90. The molecular formula is C25H25N5O2. The zero-order chi connectivity index (χ0) is 21.9. The van der Waals surface area contributed by atoms with E-state index in [9.17, 15) is 4.79 Å². The zero-order valence-electron chi connectivity index (χ0n) is 18.0. The van der Waals surface area contributed by atoms with Gasteiger partial charge in [0.2, 0.25) is 0 Å². The molecule has 1 aliphatic rings. The topological polar surface area (TPSA) is 83.1 Å². The third-order valence-electron chi connectivity index (χ3n) is 5.77. The van der Waals surface area contributed by atoms with E-state index in [-0.39, 0.29) is 5.91 Å². The highest BCUT2D eigenvalue weighted by atomic mass is 16.5. The molecule has 0 unspecified atom stereocenters. The Morgan fingerprint density at radius 1 is 1.09 bits per heavy atom. The fraction of sp³-hybridized carbons (Fsp3) is 0.240. The van der Waals surface area contributed by atoms with Gasteiger partial charge in [0.25, 0.3) is 5.91 Å². The normalized spacial score (nSPS) is 14.5. The van der Waals surface area contributed by atoms with Gasteiger partial charge in [-0.25, -0.2) is 0 Å². The number of fused-ring (bicyclic) bond motifs is 1. The first kappa shape index (κ1) is 20.4. The SMILES string of the molecule is Cc1[nH]c2ccc(-c3cncc(CN4CCOCC4)c3)cc2c1C(=O)Nc1cccnc1. The number of carbonyl (C=O) groups is 1. The molecule has 4 aromatic rings. The molecule has 3 aromatic heterocycles. The van der Waals surface area contributed by atoms with Crippen LogP contribution >= 0.6 is 0 Å². The molecule has 1 aromatic carbocycles. The number of ether oxygens (including phenoxy) is 1. The van der Waals surface area contributed by atoms with Crippen LogP contribution < -0.4 is 5.32 Å². The molecular weight excluding hydrogens is 402 g/mol. The predicted octanol–water partition coefficient (Wildman–Crippen LogP) is 4.02.